The molecule has 2 aromatic heterocycles. The summed E-state index contributed by atoms with van der Waals surface area (Å²) in [4.78, 5) is 1.20. The number of H-pyrrole nitrogens is 1. The molecule has 1 N–H and O–H groups in total. The first kappa shape index (κ1) is 12.1. The second-order valence-corrected chi connectivity index (χ2v) is 5.22. The van der Waals surface area contributed by atoms with Crippen molar-refractivity contribution in [2.75, 3.05) is 7.11 Å². The molecule has 0 amide bonds. The third-order valence-corrected chi connectivity index (χ3v) is 3.83. The van der Waals surface area contributed by atoms with Crippen LogP contribution in [0, 0.1) is 0 Å². The lowest BCUT2D eigenvalue weighted by atomic mass is 10.1. The van der Waals surface area contributed by atoms with Crippen LogP contribution in [0.1, 0.15) is 5.56 Å². The topological polar surface area (TPSA) is 37.9 Å². The first-order valence-electron chi connectivity index (χ1n) is 6.04. The Kier molecular flexibility index (Phi) is 3.44. The SMILES string of the molecule is COCc1ccc(-c2cc(-c3cccs3)[nH]n2)cc1. The summed E-state index contributed by atoms with van der Waals surface area (Å²) in [6.45, 7) is 0.640. The molecular weight excluding hydrogens is 256 g/mol. The Balaban J connectivity index is 1.86. The van der Waals surface area contributed by atoms with Crippen molar-refractivity contribution in [3.05, 3.63) is 53.4 Å². The molecule has 3 rings (SSSR count). The Hall–Kier alpha value is -1.91. The van der Waals surface area contributed by atoms with Crippen LogP contribution in [0.25, 0.3) is 21.8 Å². The van der Waals surface area contributed by atoms with Crippen LogP contribution in [0.3, 0.4) is 0 Å². The first-order chi connectivity index (χ1) is 9.36. The summed E-state index contributed by atoms with van der Waals surface area (Å²) in [5.41, 5.74) is 4.30. The molecule has 0 saturated heterocycles. The van der Waals surface area contributed by atoms with Gasteiger partial charge in [-0.3, -0.25) is 5.10 Å². The van der Waals surface area contributed by atoms with Crippen LogP contribution in [0.15, 0.2) is 47.8 Å². The normalized spacial score (nSPS) is 10.8. The standard InChI is InChI=1S/C15H14N2OS/c1-18-10-11-4-6-12(7-5-11)13-9-14(17-16-13)15-3-2-8-19-15/h2-9H,10H2,1H3,(H,16,17). The average Bonchev–Trinajstić information content (AvgIpc) is 3.11. The fourth-order valence-electron chi connectivity index (χ4n) is 1.97. The number of hydrogen-bond acceptors (Lipinski definition) is 3. The number of rotatable bonds is 4. The van der Waals surface area contributed by atoms with Crippen molar-refractivity contribution in [2.45, 2.75) is 6.61 Å². The zero-order valence-corrected chi connectivity index (χ0v) is 11.4. The fourth-order valence-corrected chi connectivity index (χ4v) is 2.66. The van der Waals surface area contributed by atoms with E-state index in [4.69, 9.17) is 4.74 Å². The van der Waals surface area contributed by atoms with Crippen LogP contribution in [0.2, 0.25) is 0 Å². The van der Waals surface area contributed by atoms with E-state index in [2.05, 4.69) is 52.0 Å². The van der Waals surface area contributed by atoms with Crippen molar-refractivity contribution < 1.29 is 4.74 Å². The monoisotopic (exact) mass is 270 g/mol. The number of benzene rings is 1. The largest absolute Gasteiger partial charge is 0.380 e. The molecule has 0 atom stereocenters. The minimum absolute atomic E-state index is 0.640. The highest BCUT2D eigenvalue weighted by molar-refractivity contribution is 7.13. The van der Waals surface area contributed by atoms with Crippen LogP contribution in [0.4, 0.5) is 0 Å². The van der Waals surface area contributed by atoms with E-state index in [-0.39, 0.29) is 0 Å². The summed E-state index contributed by atoms with van der Waals surface area (Å²) in [7, 11) is 1.70. The summed E-state index contributed by atoms with van der Waals surface area (Å²) in [5.74, 6) is 0. The molecule has 19 heavy (non-hydrogen) atoms. The Morgan fingerprint density at radius 3 is 2.74 bits per heavy atom. The lowest BCUT2D eigenvalue weighted by molar-refractivity contribution is 0.185. The number of aromatic amines is 1. The molecule has 96 valence electrons. The van der Waals surface area contributed by atoms with E-state index in [0.717, 1.165) is 17.0 Å². The summed E-state index contributed by atoms with van der Waals surface area (Å²) in [5, 5.41) is 9.52. The van der Waals surface area contributed by atoms with Gasteiger partial charge in [0.25, 0.3) is 0 Å². The van der Waals surface area contributed by atoms with Crippen LogP contribution in [0.5, 0.6) is 0 Å². The highest BCUT2D eigenvalue weighted by Gasteiger charge is 2.06. The molecule has 0 aliphatic carbocycles. The first-order valence-corrected chi connectivity index (χ1v) is 6.92. The molecule has 3 aromatic rings. The molecule has 4 heteroatoms. The van der Waals surface area contributed by atoms with Crippen molar-refractivity contribution >= 4 is 11.3 Å². The van der Waals surface area contributed by atoms with Crippen molar-refractivity contribution in [1.29, 1.82) is 0 Å². The second kappa shape index (κ2) is 5.38. The van der Waals surface area contributed by atoms with Crippen LogP contribution in [-0.4, -0.2) is 17.3 Å². The van der Waals surface area contributed by atoms with Gasteiger partial charge in [0.15, 0.2) is 0 Å². The maximum atomic E-state index is 5.11. The van der Waals surface area contributed by atoms with Gasteiger partial charge >= 0.3 is 0 Å². The average molecular weight is 270 g/mol. The molecule has 0 aliphatic rings. The molecular formula is C15H14N2OS. The number of methoxy groups -OCH3 is 1. The van der Waals surface area contributed by atoms with Crippen LogP contribution >= 0.6 is 11.3 Å². The minimum atomic E-state index is 0.640. The molecule has 0 unspecified atom stereocenters. The van der Waals surface area contributed by atoms with Gasteiger partial charge in [0.2, 0.25) is 0 Å². The number of nitrogens with zero attached hydrogens (tertiary/aromatic N) is 1. The van der Waals surface area contributed by atoms with Crippen molar-refractivity contribution in [2.24, 2.45) is 0 Å². The van der Waals surface area contributed by atoms with Crippen molar-refractivity contribution in [1.82, 2.24) is 10.2 Å². The van der Waals surface area contributed by atoms with Gasteiger partial charge in [0, 0.05) is 12.7 Å². The van der Waals surface area contributed by atoms with E-state index < -0.39 is 0 Å². The van der Waals surface area contributed by atoms with E-state index in [1.54, 1.807) is 18.4 Å². The number of nitrogens with one attached hydrogen (secondary N) is 1. The van der Waals surface area contributed by atoms with Gasteiger partial charge < -0.3 is 4.74 Å². The van der Waals surface area contributed by atoms with Gasteiger partial charge in [-0.25, -0.2) is 0 Å². The van der Waals surface area contributed by atoms with Gasteiger partial charge in [0.1, 0.15) is 0 Å². The third-order valence-electron chi connectivity index (χ3n) is 2.93. The summed E-state index contributed by atoms with van der Waals surface area (Å²) < 4.78 is 5.11. The zero-order chi connectivity index (χ0) is 13.1. The summed E-state index contributed by atoms with van der Waals surface area (Å²) in [6.07, 6.45) is 0. The number of ether oxygens (including phenoxy) is 1. The van der Waals surface area contributed by atoms with Gasteiger partial charge in [-0.15, -0.1) is 11.3 Å². The van der Waals surface area contributed by atoms with Gasteiger partial charge in [-0.2, -0.15) is 5.10 Å². The molecule has 0 aliphatic heterocycles. The zero-order valence-electron chi connectivity index (χ0n) is 10.6. The predicted octanol–water partition coefficient (Wildman–Crippen LogP) is 3.95. The van der Waals surface area contributed by atoms with Crippen molar-refractivity contribution in [3.63, 3.8) is 0 Å². The van der Waals surface area contributed by atoms with E-state index in [1.807, 2.05) is 6.07 Å². The van der Waals surface area contributed by atoms with Crippen molar-refractivity contribution in [3.8, 4) is 21.8 Å². The summed E-state index contributed by atoms with van der Waals surface area (Å²) in [6, 6.07) is 14.5. The smallest absolute Gasteiger partial charge is 0.0927 e. The molecule has 0 bridgehead atoms. The van der Waals surface area contributed by atoms with Gasteiger partial charge in [-0.1, -0.05) is 30.3 Å². The molecule has 0 radical (unpaired) electrons. The number of thiophene rings is 1. The van der Waals surface area contributed by atoms with Gasteiger partial charge in [0.05, 0.1) is 22.9 Å². The Morgan fingerprint density at radius 1 is 1.21 bits per heavy atom. The quantitative estimate of drug-likeness (QED) is 0.779. The van der Waals surface area contributed by atoms with Gasteiger partial charge in [-0.05, 0) is 23.1 Å². The summed E-state index contributed by atoms with van der Waals surface area (Å²) >= 11 is 1.71. The predicted molar refractivity (Wildman–Crippen MR) is 78.0 cm³/mol. The highest BCUT2D eigenvalue weighted by atomic mass is 32.1. The highest BCUT2D eigenvalue weighted by Crippen LogP contribution is 2.27. The molecule has 0 saturated carbocycles. The Labute approximate surface area is 115 Å². The molecule has 0 fully saturated rings. The second-order valence-electron chi connectivity index (χ2n) is 4.27. The van der Waals surface area contributed by atoms with E-state index >= 15 is 0 Å². The van der Waals surface area contributed by atoms with Crippen LogP contribution in [-0.2, 0) is 11.3 Å². The third kappa shape index (κ3) is 2.59. The molecule has 2 heterocycles. The van der Waals surface area contributed by atoms with Crippen LogP contribution < -0.4 is 0 Å². The lowest BCUT2D eigenvalue weighted by Gasteiger charge is -2.00. The number of aromatic nitrogens is 2. The maximum Gasteiger partial charge on any atom is 0.0927 e. The minimum Gasteiger partial charge on any atom is -0.380 e. The van der Waals surface area contributed by atoms with E-state index in [0.29, 0.717) is 6.61 Å². The number of hydrogen-bond donors (Lipinski definition) is 1. The fraction of sp³-hybridized carbons (Fsp3) is 0.133. The molecule has 1 aromatic carbocycles. The Morgan fingerprint density at radius 2 is 2.05 bits per heavy atom. The Bertz CT molecular complexity index is 641. The van der Waals surface area contributed by atoms with E-state index in [1.165, 1.54) is 10.4 Å². The molecule has 3 nitrogen and oxygen atoms in total. The molecule has 0 spiro atoms. The maximum absolute atomic E-state index is 5.11. The van der Waals surface area contributed by atoms with E-state index in [9.17, 15) is 0 Å². The lowest BCUT2D eigenvalue weighted by Crippen LogP contribution is -1.86.